The fraction of sp³-hybridized carbons (Fsp3) is 0.455. The lowest BCUT2D eigenvalue weighted by atomic mass is 10.2. The quantitative estimate of drug-likeness (QED) is 0.473. The second-order valence-electron chi connectivity index (χ2n) is 3.49. The second-order valence-corrected chi connectivity index (χ2v) is 3.49. The minimum Gasteiger partial charge on any atom is -0.462 e. The summed E-state index contributed by atoms with van der Waals surface area (Å²) in [5, 5.41) is 13.6. The average molecular weight is 253 g/mol. The van der Waals surface area contributed by atoms with Crippen molar-refractivity contribution in [2.75, 3.05) is 18.5 Å². The number of anilines is 1. The zero-order chi connectivity index (χ0) is 13.5. The Morgan fingerprint density at radius 2 is 2.28 bits per heavy atom. The first-order chi connectivity index (χ1) is 8.60. The van der Waals surface area contributed by atoms with Crippen LogP contribution in [0.1, 0.15) is 30.6 Å². The number of aromatic nitrogens is 1. The Morgan fingerprint density at radius 3 is 2.83 bits per heavy atom. The first kappa shape index (κ1) is 13.9. The molecule has 0 amide bonds. The van der Waals surface area contributed by atoms with Crippen molar-refractivity contribution in [3.05, 3.63) is 27.9 Å². The summed E-state index contributed by atoms with van der Waals surface area (Å²) in [5.74, 6) is -0.312. The number of hydrogen-bond donors (Lipinski definition) is 1. The predicted molar refractivity (Wildman–Crippen MR) is 65.6 cm³/mol. The van der Waals surface area contributed by atoms with Crippen LogP contribution in [0.3, 0.4) is 0 Å². The van der Waals surface area contributed by atoms with Crippen LogP contribution in [0.2, 0.25) is 0 Å². The molecule has 0 saturated heterocycles. The van der Waals surface area contributed by atoms with Crippen molar-refractivity contribution in [2.45, 2.75) is 20.3 Å². The smallest absolute Gasteiger partial charge is 0.342 e. The van der Waals surface area contributed by atoms with Gasteiger partial charge in [-0.15, -0.1) is 0 Å². The second kappa shape index (κ2) is 6.53. The standard InChI is InChI=1S/C11H15N3O4/c1-3-5-12-10-9(11(15)18-4-2)6-8(7-13-10)14(16)17/h6-7H,3-5H2,1-2H3,(H,12,13). The van der Waals surface area contributed by atoms with Crippen LogP contribution in [-0.2, 0) is 4.74 Å². The van der Waals surface area contributed by atoms with E-state index in [0.717, 1.165) is 12.6 Å². The molecule has 0 aromatic carbocycles. The van der Waals surface area contributed by atoms with E-state index < -0.39 is 10.9 Å². The summed E-state index contributed by atoms with van der Waals surface area (Å²) in [6.07, 6.45) is 1.96. The van der Waals surface area contributed by atoms with E-state index in [0.29, 0.717) is 12.4 Å². The Hall–Kier alpha value is -2.18. The van der Waals surface area contributed by atoms with Crippen molar-refractivity contribution in [3.8, 4) is 0 Å². The van der Waals surface area contributed by atoms with Gasteiger partial charge in [0, 0.05) is 12.6 Å². The van der Waals surface area contributed by atoms with Gasteiger partial charge in [0.15, 0.2) is 0 Å². The zero-order valence-electron chi connectivity index (χ0n) is 10.3. The first-order valence-corrected chi connectivity index (χ1v) is 5.65. The molecular formula is C11H15N3O4. The number of hydrogen-bond acceptors (Lipinski definition) is 6. The number of ether oxygens (including phenoxy) is 1. The van der Waals surface area contributed by atoms with Gasteiger partial charge in [-0.25, -0.2) is 9.78 Å². The van der Waals surface area contributed by atoms with Gasteiger partial charge in [-0.05, 0) is 13.3 Å². The lowest BCUT2D eigenvalue weighted by Gasteiger charge is -2.09. The highest BCUT2D eigenvalue weighted by Crippen LogP contribution is 2.20. The molecule has 0 atom stereocenters. The molecule has 0 radical (unpaired) electrons. The molecule has 0 aliphatic carbocycles. The number of carbonyl (C=O) groups is 1. The van der Waals surface area contributed by atoms with Crippen LogP contribution in [-0.4, -0.2) is 29.0 Å². The zero-order valence-corrected chi connectivity index (χ0v) is 10.3. The first-order valence-electron chi connectivity index (χ1n) is 5.65. The molecule has 0 fully saturated rings. The van der Waals surface area contributed by atoms with E-state index in [1.165, 1.54) is 6.07 Å². The third-order valence-corrected chi connectivity index (χ3v) is 2.12. The Bertz CT molecular complexity index is 448. The van der Waals surface area contributed by atoms with Crippen LogP contribution >= 0.6 is 0 Å². The number of carbonyl (C=O) groups excluding carboxylic acids is 1. The number of nitrogens with zero attached hydrogens (tertiary/aromatic N) is 2. The number of nitro groups is 1. The summed E-state index contributed by atoms with van der Waals surface area (Å²) in [6, 6.07) is 1.17. The van der Waals surface area contributed by atoms with Gasteiger partial charge in [0.1, 0.15) is 17.6 Å². The van der Waals surface area contributed by atoms with E-state index in [-0.39, 0.29) is 17.9 Å². The predicted octanol–water partition coefficient (Wildman–Crippen LogP) is 1.99. The third-order valence-electron chi connectivity index (χ3n) is 2.12. The Balaban J connectivity index is 3.09. The molecule has 0 aliphatic heterocycles. The maximum Gasteiger partial charge on any atom is 0.342 e. The topological polar surface area (TPSA) is 94.4 Å². The van der Waals surface area contributed by atoms with Gasteiger partial charge in [0.25, 0.3) is 5.69 Å². The molecule has 7 nitrogen and oxygen atoms in total. The minimum absolute atomic E-state index is 0.0829. The van der Waals surface area contributed by atoms with Crippen LogP contribution in [0.5, 0.6) is 0 Å². The van der Waals surface area contributed by atoms with Gasteiger partial charge in [-0.1, -0.05) is 6.92 Å². The average Bonchev–Trinajstić information content (AvgIpc) is 2.36. The Morgan fingerprint density at radius 1 is 1.56 bits per heavy atom. The van der Waals surface area contributed by atoms with E-state index in [4.69, 9.17) is 4.74 Å². The maximum absolute atomic E-state index is 11.7. The Labute approximate surface area is 104 Å². The van der Waals surface area contributed by atoms with Crippen molar-refractivity contribution in [3.63, 3.8) is 0 Å². The summed E-state index contributed by atoms with van der Waals surface area (Å²) < 4.78 is 4.84. The van der Waals surface area contributed by atoms with Crippen molar-refractivity contribution >= 4 is 17.5 Å². The van der Waals surface area contributed by atoms with Gasteiger partial charge < -0.3 is 10.1 Å². The van der Waals surface area contributed by atoms with Gasteiger partial charge in [0.2, 0.25) is 0 Å². The van der Waals surface area contributed by atoms with Gasteiger partial charge >= 0.3 is 5.97 Å². The van der Waals surface area contributed by atoms with Crippen LogP contribution in [0, 0.1) is 10.1 Å². The highest BCUT2D eigenvalue weighted by Gasteiger charge is 2.18. The van der Waals surface area contributed by atoms with E-state index >= 15 is 0 Å². The highest BCUT2D eigenvalue weighted by atomic mass is 16.6. The number of nitrogens with one attached hydrogen (secondary N) is 1. The lowest BCUT2D eigenvalue weighted by Crippen LogP contribution is -2.12. The molecule has 1 N–H and O–H groups in total. The molecule has 18 heavy (non-hydrogen) atoms. The van der Waals surface area contributed by atoms with Gasteiger partial charge in [-0.2, -0.15) is 0 Å². The summed E-state index contributed by atoms with van der Waals surface area (Å²) >= 11 is 0. The van der Waals surface area contributed by atoms with Crippen LogP contribution in [0.15, 0.2) is 12.3 Å². The molecule has 0 aliphatic rings. The molecule has 0 saturated carbocycles. The molecular weight excluding hydrogens is 238 g/mol. The number of rotatable bonds is 6. The van der Waals surface area contributed by atoms with Crippen molar-refractivity contribution in [2.24, 2.45) is 0 Å². The minimum atomic E-state index is -0.618. The molecule has 0 bridgehead atoms. The van der Waals surface area contributed by atoms with Gasteiger partial charge in [0.05, 0.1) is 11.5 Å². The van der Waals surface area contributed by atoms with E-state index in [2.05, 4.69) is 10.3 Å². The molecule has 0 spiro atoms. The maximum atomic E-state index is 11.7. The van der Waals surface area contributed by atoms with E-state index in [9.17, 15) is 14.9 Å². The molecule has 1 rings (SSSR count). The van der Waals surface area contributed by atoms with Crippen molar-refractivity contribution in [1.82, 2.24) is 4.98 Å². The molecule has 1 aromatic rings. The largest absolute Gasteiger partial charge is 0.462 e. The normalized spacial score (nSPS) is 9.89. The van der Waals surface area contributed by atoms with Crippen molar-refractivity contribution < 1.29 is 14.5 Å². The highest BCUT2D eigenvalue weighted by molar-refractivity contribution is 5.95. The molecule has 1 aromatic heterocycles. The summed E-state index contributed by atoms with van der Waals surface area (Å²) in [6.45, 7) is 4.45. The van der Waals surface area contributed by atoms with Crippen LogP contribution in [0.25, 0.3) is 0 Å². The Kier molecular flexibility index (Phi) is 5.04. The SMILES string of the molecule is CCCNc1ncc([N+](=O)[O-])cc1C(=O)OCC. The fourth-order valence-electron chi connectivity index (χ4n) is 1.30. The van der Waals surface area contributed by atoms with E-state index in [1.54, 1.807) is 6.92 Å². The molecule has 0 unspecified atom stereocenters. The van der Waals surface area contributed by atoms with Crippen LogP contribution < -0.4 is 5.32 Å². The summed E-state index contributed by atoms with van der Waals surface area (Å²) in [5.41, 5.74) is -0.153. The van der Waals surface area contributed by atoms with Crippen LogP contribution in [0.4, 0.5) is 11.5 Å². The lowest BCUT2D eigenvalue weighted by molar-refractivity contribution is -0.385. The molecule has 98 valence electrons. The molecule has 7 heteroatoms. The number of pyridine rings is 1. The summed E-state index contributed by atoms with van der Waals surface area (Å²) in [7, 11) is 0. The third kappa shape index (κ3) is 3.41. The van der Waals surface area contributed by atoms with E-state index in [1.807, 2.05) is 6.92 Å². The monoisotopic (exact) mass is 253 g/mol. The summed E-state index contributed by atoms with van der Waals surface area (Å²) in [4.78, 5) is 25.6. The van der Waals surface area contributed by atoms with Gasteiger partial charge in [-0.3, -0.25) is 10.1 Å². The molecule has 1 heterocycles. The number of esters is 1. The fourth-order valence-corrected chi connectivity index (χ4v) is 1.30. The van der Waals surface area contributed by atoms with Crippen molar-refractivity contribution in [1.29, 1.82) is 0 Å².